The van der Waals surface area contributed by atoms with E-state index >= 15 is 0 Å². The molecule has 4 saturated heterocycles. The molecule has 4 heterocycles. The van der Waals surface area contributed by atoms with Crippen molar-refractivity contribution in [1.82, 2.24) is 5.06 Å². The number of hydroxylamine groups is 2. The summed E-state index contributed by atoms with van der Waals surface area (Å²) in [6, 6.07) is -0.503. The van der Waals surface area contributed by atoms with Crippen LogP contribution in [0.1, 0.15) is 47.5 Å². The van der Waals surface area contributed by atoms with Crippen molar-refractivity contribution in [3.8, 4) is 0 Å². The molecule has 0 N–H and O–H groups in total. The molecule has 1 spiro atoms. The van der Waals surface area contributed by atoms with Gasteiger partial charge in [-0.2, -0.15) is 0 Å². The third-order valence-corrected chi connectivity index (χ3v) is 6.45. The second-order valence-corrected chi connectivity index (χ2v) is 9.57. The Morgan fingerprint density at radius 3 is 2.38 bits per heavy atom. The zero-order chi connectivity index (χ0) is 20.6. The maximum Gasteiger partial charge on any atom is 0.326 e. The van der Waals surface area contributed by atoms with Crippen LogP contribution in [-0.4, -0.2) is 79.1 Å². The van der Waals surface area contributed by atoms with Crippen LogP contribution in [-0.2, 0) is 38.1 Å². The van der Waals surface area contributed by atoms with E-state index in [4.69, 9.17) is 33.3 Å². The number of nitrogens with zero attached hydrogens (tertiary/aromatic N) is 1. The number of carbonyl (C=O) groups is 1. The second-order valence-electron chi connectivity index (χ2n) is 9.57. The van der Waals surface area contributed by atoms with E-state index in [1.165, 1.54) is 0 Å². The van der Waals surface area contributed by atoms with Crippen molar-refractivity contribution < 1.29 is 38.1 Å². The van der Waals surface area contributed by atoms with Crippen molar-refractivity contribution >= 4 is 5.97 Å². The van der Waals surface area contributed by atoms with Gasteiger partial charge in [-0.1, -0.05) is 0 Å². The second kappa shape index (κ2) is 6.59. The van der Waals surface area contributed by atoms with Crippen molar-refractivity contribution in [3.05, 3.63) is 0 Å². The van der Waals surface area contributed by atoms with Crippen LogP contribution in [0.4, 0.5) is 0 Å². The van der Waals surface area contributed by atoms with Gasteiger partial charge >= 0.3 is 5.97 Å². The van der Waals surface area contributed by atoms with Crippen molar-refractivity contribution in [2.24, 2.45) is 5.41 Å². The monoisotopic (exact) mass is 413 g/mol. The third kappa shape index (κ3) is 3.31. The molecule has 5 aliphatic rings. The average molecular weight is 413 g/mol. The van der Waals surface area contributed by atoms with Crippen LogP contribution in [0, 0.1) is 5.41 Å². The van der Waals surface area contributed by atoms with Crippen LogP contribution < -0.4 is 0 Å². The van der Waals surface area contributed by atoms with Crippen LogP contribution in [0.5, 0.6) is 0 Å². The standard InChI is InChI=1S/C20H31NO8/c1-6-23-17(22)15-20(7-8-20)10-25-21(15)16-14-13(28-19(4,5)29-14)12(26-16)11-9-24-18(2,3)27-11/h11-16H,6-10H2,1-5H3/t11-,12-,13+,14+,15-,16+/m1/s1. The summed E-state index contributed by atoms with van der Waals surface area (Å²) in [5, 5.41) is 1.66. The van der Waals surface area contributed by atoms with Gasteiger partial charge in [0, 0.05) is 5.41 Å². The Kier molecular flexibility index (Phi) is 4.57. The molecule has 9 nitrogen and oxygen atoms in total. The summed E-state index contributed by atoms with van der Waals surface area (Å²) in [5.41, 5.74) is -0.187. The van der Waals surface area contributed by atoms with Crippen molar-refractivity contribution in [2.45, 2.75) is 95.7 Å². The highest BCUT2D eigenvalue weighted by Crippen LogP contribution is 2.56. The van der Waals surface area contributed by atoms with Crippen LogP contribution in [0.2, 0.25) is 0 Å². The first-order valence-corrected chi connectivity index (χ1v) is 10.6. The largest absolute Gasteiger partial charge is 0.465 e. The van der Waals surface area contributed by atoms with Gasteiger partial charge in [0.05, 0.1) is 19.8 Å². The highest BCUT2D eigenvalue weighted by Gasteiger charge is 2.67. The predicted octanol–water partition coefficient (Wildman–Crippen LogP) is 1.34. The first-order chi connectivity index (χ1) is 13.6. The lowest BCUT2D eigenvalue weighted by atomic mass is 9.98. The summed E-state index contributed by atoms with van der Waals surface area (Å²) in [7, 11) is 0. The minimum Gasteiger partial charge on any atom is -0.465 e. The summed E-state index contributed by atoms with van der Waals surface area (Å²) < 4.78 is 35.9. The van der Waals surface area contributed by atoms with Gasteiger partial charge in [0.25, 0.3) is 0 Å². The highest BCUT2D eigenvalue weighted by molar-refractivity contribution is 5.78. The molecule has 164 valence electrons. The SMILES string of the molecule is CCOC(=O)[C@H]1N([C@H]2O[C@H]([C@H]3COC(C)(C)O3)[C@@H]3OC(C)(C)O[C@@H]32)OCC12CC2. The lowest BCUT2D eigenvalue weighted by Gasteiger charge is -2.32. The lowest BCUT2D eigenvalue weighted by Crippen LogP contribution is -2.51. The fourth-order valence-electron chi connectivity index (χ4n) is 4.99. The summed E-state index contributed by atoms with van der Waals surface area (Å²) >= 11 is 0. The number of hydrogen-bond acceptors (Lipinski definition) is 9. The Balaban J connectivity index is 1.41. The smallest absolute Gasteiger partial charge is 0.326 e. The molecule has 0 aromatic rings. The van der Waals surface area contributed by atoms with Crippen LogP contribution in [0.15, 0.2) is 0 Å². The van der Waals surface area contributed by atoms with Gasteiger partial charge in [0.15, 0.2) is 17.8 Å². The third-order valence-electron chi connectivity index (χ3n) is 6.45. The molecule has 9 heteroatoms. The number of esters is 1. The van der Waals surface area contributed by atoms with Crippen LogP contribution in [0.3, 0.4) is 0 Å². The Labute approximate surface area is 170 Å². The lowest BCUT2D eigenvalue weighted by molar-refractivity contribution is -0.281. The summed E-state index contributed by atoms with van der Waals surface area (Å²) in [5.74, 6) is -1.71. The van der Waals surface area contributed by atoms with E-state index in [0.717, 1.165) is 12.8 Å². The van der Waals surface area contributed by atoms with Crippen LogP contribution >= 0.6 is 0 Å². The number of fused-ring (bicyclic) bond motifs is 1. The molecular formula is C20H31NO8. The molecule has 0 unspecified atom stereocenters. The fraction of sp³-hybridized carbons (Fsp3) is 0.950. The van der Waals surface area contributed by atoms with E-state index in [1.54, 1.807) is 5.06 Å². The van der Waals surface area contributed by atoms with E-state index in [-0.39, 0.29) is 23.6 Å². The van der Waals surface area contributed by atoms with Gasteiger partial charge in [-0.05, 0) is 47.5 Å². The van der Waals surface area contributed by atoms with Gasteiger partial charge in [0.1, 0.15) is 30.5 Å². The molecule has 5 fully saturated rings. The van der Waals surface area contributed by atoms with E-state index in [9.17, 15) is 4.79 Å². The molecule has 4 aliphatic heterocycles. The number of carbonyl (C=O) groups excluding carboxylic acids is 1. The minimum absolute atomic E-state index is 0.187. The molecule has 6 atom stereocenters. The number of ether oxygens (including phenoxy) is 6. The molecule has 0 bridgehead atoms. The predicted molar refractivity (Wildman–Crippen MR) is 97.3 cm³/mol. The molecule has 1 aliphatic carbocycles. The highest BCUT2D eigenvalue weighted by atomic mass is 16.8. The summed E-state index contributed by atoms with van der Waals surface area (Å²) in [4.78, 5) is 18.8. The van der Waals surface area contributed by atoms with Crippen molar-refractivity contribution in [3.63, 3.8) is 0 Å². The normalized spacial score (nSPS) is 44.3. The number of rotatable bonds is 4. The molecule has 0 radical (unpaired) electrons. The Morgan fingerprint density at radius 2 is 1.76 bits per heavy atom. The van der Waals surface area contributed by atoms with Gasteiger partial charge in [-0.15, -0.1) is 5.06 Å². The van der Waals surface area contributed by atoms with Gasteiger partial charge in [0.2, 0.25) is 0 Å². The summed E-state index contributed by atoms with van der Waals surface area (Å²) in [6.45, 7) is 10.5. The molecule has 0 amide bonds. The molecule has 0 aromatic carbocycles. The average Bonchev–Trinajstić information content (AvgIpc) is 2.86. The first kappa shape index (κ1) is 20.1. The quantitative estimate of drug-likeness (QED) is 0.634. The van der Waals surface area contributed by atoms with Gasteiger partial charge in [-0.25, -0.2) is 0 Å². The first-order valence-electron chi connectivity index (χ1n) is 10.6. The van der Waals surface area contributed by atoms with Crippen molar-refractivity contribution in [1.29, 1.82) is 0 Å². The van der Waals surface area contributed by atoms with E-state index in [1.807, 2.05) is 34.6 Å². The van der Waals surface area contributed by atoms with E-state index in [0.29, 0.717) is 19.8 Å². The maximum atomic E-state index is 12.8. The van der Waals surface area contributed by atoms with Gasteiger partial charge in [-0.3, -0.25) is 9.63 Å². The Morgan fingerprint density at radius 1 is 1.03 bits per heavy atom. The molecule has 29 heavy (non-hydrogen) atoms. The topological polar surface area (TPSA) is 84.9 Å². The summed E-state index contributed by atoms with van der Waals surface area (Å²) in [6.07, 6.45) is -0.155. The zero-order valence-electron chi connectivity index (χ0n) is 17.7. The molecule has 1 saturated carbocycles. The van der Waals surface area contributed by atoms with E-state index in [2.05, 4.69) is 0 Å². The molecule has 0 aromatic heterocycles. The Hall–Kier alpha value is -0.810. The fourth-order valence-corrected chi connectivity index (χ4v) is 4.99. The number of hydrogen-bond donors (Lipinski definition) is 0. The maximum absolute atomic E-state index is 12.8. The van der Waals surface area contributed by atoms with E-state index < -0.39 is 36.1 Å². The zero-order valence-corrected chi connectivity index (χ0v) is 17.7. The Bertz CT molecular complexity index is 677. The molecule has 5 rings (SSSR count). The van der Waals surface area contributed by atoms with Crippen LogP contribution in [0.25, 0.3) is 0 Å². The van der Waals surface area contributed by atoms with Crippen molar-refractivity contribution in [2.75, 3.05) is 19.8 Å². The van der Waals surface area contributed by atoms with Gasteiger partial charge < -0.3 is 28.4 Å². The molecular weight excluding hydrogens is 382 g/mol. The minimum atomic E-state index is -0.763.